The molecule has 1 aromatic carbocycles. The first-order chi connectivity index (χ1) is 9.65. The van der Waals surface area contributed by atoms with E-state index in [0.717, 1.165) is 37.8 Å². The van der Waals surface area contributed by atoms with E-state index in [1.54, 1.807) is 0 Å². The quantitative estimate of drug-likeness (QED) is 0.863. The van der Waals surface area contributed by atoms with Gasteiger partial charge in [-0.1, -0.05) is 13.8 Å². The molecule has 0 atom stereocenters. The van der Waals surface area contributed by atoms with Crippen LogP contribution >= 0.6 is 0 Å². The van der Waals surface area contributed by atoms with Gasteiger partial charge in [-0.25, -0.2) is 4.98 Å². The molecule has 2 aromatic rings. The molecule has 0 aliphatic carbocycles. The molecule has 0 unspecified atom stereocenters. The fourth-order valence-electron chi connectivity index (χ4n) is 3.11. The summed E-state index contributed by atoms with van der Waals surface area (Å²) in [5.74, 6) is 2.15. The summed E-state index contributed by atoms with van der Waals surface area (Å²) in [5.41, 5.74) is 3.85. The van der Waals surface area contributed by atoms with Crippen molar-refractivity contribution in [1.82, 2.24) is 14.9 Å². The van der Waals surface area contributed by atoms with Gasteiger partial charge < -0.3 is 14.6 Å². The Hall–Kier alpha value is -1.81. The predicted octanol–water partition coefficient (Wildman–Crippen LogP) is 2.32. The molecule has 0 saturated heterocycles. The summed E-state index contributed by atoms with van der Waals surface area (Å²) in [6, 6.07) is 6.52. The largest absolute Gasteiger partial charge is 0.492 e. The number of rotatable bonds is 1. The second kappa shape index (κ2) is 4.09. The highest BCUT2D eigenvalue weighted by molar-refractivity contribution is 5.64. The average molecular weight is 269 g/mol. The Morgan fingerprint density at radius 2 is 2.25 bits per heavy atom. The van der Waals surface area contributed by atoms with Gasteiger partial charge in [0.2, 0.25) is 0 Å². The number of ether oxygens (including phenoxy) is 1. The first-order valence-electron chi connectivity index (χ1n) is 7.18. The summed E-state index contributed by atoms with van der Waals surface area (Å²) in [6.45, 7) is 8.09. The number of imidazole rings is 1. The van der Waals surface area contributed by atoms with Crippen LogP contribution in [0.2, 0.25) is 0 Å². The van der Waals surface area contributed by atoms with E-state index in [1.807, 2.05) is 6.20 Å². The van der Waals surface area contributed by atoms with Crippen molar-refractivity contribution in [3.63, 3.8) is 0 Å². The maximum Gasteiger partial charge on any atom is 0.123 e. The highest BCUT2D eigenvalue weighted by atomic mass is 16.5. The van der Waals surface area contributed by atoms with Crippen molar-refractivity contribution in [2.24, 2.45) is 0 Å². The molecule has 0 fully saturated rings. The van der Waals surface area contributed by atoms with Gasteiger partial charge in [0.15, 0.2) is 0 Å². The lowest BCUT2D eigenvalue weighted by Gasteiger charge is -2.19. The zero-order chi connectivity index (χ0) is 13.7. The summed E-state index contributed by atoms with van der Waals surface area (Å²) >= 11 is 0. The van der Waals surface area contributed by atoms with Crippen LogP contribution in [-0.4, -0.2) is 22.7 Å². The zero-order valence-electron chi connectivity index (χ0n) is 11.9. The Labute approximate surface area is 118 Å². The SMILES string of the molecule is CC1(C)COc2ccc(-c3cnc4n3CCNC4)cc21. The van der Waals surface area contributed by atoms with Crippen LogP contribution in [0, 0.1) is 0 Å². The van der Waals surface area contributed by atoms with Gasteiger partial charge in [-0.15, -0.1) is 0 Å². The normalized spacial score (nSPS) is 19.3. The van der Waals surface area contributed by atoms with Crippen molar-refractivity contribution in [3.8, 4) is 17.0 Å². The van der Waals surface area contributed by atoms with E-state index < -0.39 is 0 Å². The molecule has 0 radical (unpaired) electrons. The van der Waals surface area contributed by atoms with Gasteiger partial charge in [-0.3, -0.25) is 0 Å². The number of hydrogen-bond donors (Lipinski definition) is 1. The first kappa shape index (κ1) is 12.0. The fraction of sp³-hybridized carbons (Fsp3) is 0.438. The lowest BCUT2D eigenvalue weighted by Crippen LogP contribution is -2.28. The number of nitrogens with one attached hydrogen (secondary N) is 1. The molecule has 1 aromatic heterocycles. The molecule has 104 valence electrons. The topological polar surface area (TPSA) is 39.1 Å². The molecule has 0 bridgehead atoms. The van der Waals surface area contributed by atoms with E-state index in [9.17, 15) is 0 Å². The van der Waals surface area contributed by atoms with Crippen molar-refractivity contribution in [1.29, 1.82) is 0 Å². The molecule has 1 N–H and O–H groups in total. The van der Waals surface area contributed by atoms with Gasteiger partial charge in [-0.2, -0.15) is 0 Å². The second-order valence-electron chi connectivity index (χ2n) is 6.27. The van der Waals surface area contributed by atoms with Crippen molar-refractivity contribution in [3.05, 3.63) is 35.8 Å². The highest BCUT2D eigenvalue weighted by Crippen LogP contribution is 2.40. The Morgan fingerprint density at radius 3 is 3.15 bits per heavy atom. The number of hydrogen-bond acceptors (Lipinski definition) is 3. The fourth-order valence-corrected chi connectivity index (χ4v) is 3.11. The minimum atomic E-state index is 0.0949. The predicted molar refractivity (Wildman–Crippen MR) is 77.9 cm³/mol. The molecule has 2 aliphatic heterocycles. The van der Waals surface area contributed by atoms with Crippen LogP contribution in [-0.2, 0) is 18.5 Å². The van der Waals surface area contributed by atoms with E-state index >= 15 is 0 Å². The Kier molecular flexibility index (Phi) is 2.45. The average Bonchev–Trinajstić information content (AvgIpc) is 3.00. The van der Waals surface area contributed by atoms with Crippen molar-refractivity contribution < 1.29 is 4.74 Å². The van der Waals surface area contributed by atoms with Crippen molar-refractivity contribution in [2.75, 3.05) is 13.2 Å². The molecule has 2 aliphatic rings. The van der Waals surface area contributed by atoms with Crippen LogP contribution < -0.4 is 10.1 Å². The van der Waals surface area contributed by atoms with Crippen LogP contribution in [0.25, 0.3) is 11.3 Å². The van der Waals surface area contributed by atoms with Gasteiger partial charge in [0.05, 0.1) is 25.0 Å². The van der Waals surface area contributed by atoms with Crippen LogP contribution in [0.5, 0.6) is 5.75 Å². The molecule has 0 saturated carbocycles. The summed E-state index contributed by atoms with van der Waals surface area (Å²) in [4.78, 5) is 4.53. The third-order valence-electron chi connectivity index (χ3n) is 4.33. The molecule has 4 nitrogen and oxygen atoms in total. The number of nitrogens with zero attached hydrogens (tertiary/aromatic N) is 2. The standard InChI is InChI=1S/C16H19N3O/c1-16(2)10-20-14-4-3-11(7-12(14)16)13-8-18-15-9-17-5-6-19(13)15/h3-4,7-8,17H,5-6,9-10H2,1-2H3. The van der Waals surface area contributed by atoms with E-state index in [1.165, 1.54) is 16.8 Å². The van der Waals surface area contributed by atoms with Gasteiger partial charge in [0.25, 0.3) is 0 Å². The monoisotopic (exact) mass is 269 g/mol. The molecule has 0 amide bonds. The van der Waals surface area contributed by atoms with Crippen LogP contribution in [0.4, 0.5) is 0 Å². The Balaban J connectivity index is 1.82. The van der Waals surface area contributed by atoms with Crippen molar-refractivity contribution >= 4 is 0 Å². The van der Waals surface area contributed by atoms with Gasteiger partial charge in [0, 0.05) is 29.6 Å². The molecule has 20 heavy (non-hydrogen) atoms. The number of benzene rings is 1. The van der Waals surface area contributed by atoms with E-state index in [-0.39, 0.29) is 5.41 Å². The number of fused-ring (bicyclic) bond motifs is 2. The van der Waals surface area contributed by atoms with Crippen molar-refractivity contribution in [2.45, 2.75) is 32.4 Å². The first-order valence-corrected chi connectivity index (χ1v) is 7.18. The molecular weight excluding hydrogens is 250 g/mol. The van der Waals surface area contributed by atoms with Crippen LogP contribution in [0.1, 0.15) is 25.2 Å². The summed E-state index contributed by atoms with van der Waals surface area (Å²) < 4.78 is 8.09. The number of aromatic nitrogens is 2. The molecule has 0 spiro atoms. The third kappa shape index (κ3) is 1.68. The van der Waals surface area contributed by atoms with E-state index in [2.05, 4.69) is 46.9 Å². The van der Waals surface area contributed by atoms with Gasteiger partial charge >= 0.3 is 0 Å². The van der Waals surface area contributed by atoms with E-state index in [0.29, 0.717) is 0 Å². The Bertz CT molecular complexity index is 672. The Morgan fingerprint density at radius 1 is 1.35 bits per heavy atom. The highest BCUT2D eigenvalue weighted by Gasteiger charge is 2.32. The van der Waals surface area contributed by atoms with E-state index in [4.69, 9.17) is 4.74 Å². The maximum absolute atomic E-state index is 5.77. The van der Waals surface area contributed by atoms with Gasteiger partial charge in [-0.05, 0) is 18.2 Å². The third-order valence-corrected chi connectivity index (χ3v) is 4.33. The summed E-state index contributed by atoms with van der Waals surface area (Å²) in [5, 5.41) is 3.36. The molecule has 4 heteroatoms. The van der Waals surface area contributed by atoms with Gasteiger partial charge in [0.1, 0.15) is 11.6 Å². The molecular formula is C16H19N3O. The summed E-state index contributed by atoms with van der Waals surface area (Å²) in [7, 11) is 0. The molecule has 4 rings (SSSR count). The lowest BCUT2D eigenvalue weighted by atomic mass is 9.86. The summed E-state index contributed by atoms with van der Waals surface area (Å²) in [6.07, 6.45) is 1.99. The molecule has 3 heterocycles. The maximum atomic E-state index is 5.77. The minimum Gasteiger partial charge on any atom is -0.492 e. The minimum absolute atomic E-state index is 0.0949. The van der Waals surface area contributed by atoms with Crippen LogP contribution in [0.3, 0.4) is 0 Å². The lowest BCUT2D eigenvalue weighted by molar-refractivity contribution is 0.291. The van der Waals surface area contributed by atoms with Crippen LogP contribution in [0.15, 0.2) is 24.4 Å². The zero-order valence-corrected chi connectivity index (χ0v) is 11.9. The smallest absolute Gasteiger partial charge is 0.123 e. The second-order valence-corrected chi connectivity index (χ2v) is 6.27.